The normalized spacial score (nSPS) is 10.7. The molecule has 0 heterocycles. The molecule has 0 aliphatic heterocycles. The number of aliphatic hydroxyl groups is 2. The average molecular weight is 370 g/mol. The van der Waals surface area contributed by atoms with Gasteiger partial charge in [-0.3, -0.25) is 4.55 Å². The van der Waals surface area contributed by atoms with Crippen LogP contribution in [0.25, 0.3) is 0 Å². The van der Waals surface area contributed by atoms with Gasteiger partial charge in [-0.2, -0.15) is 8.42 Å². The van der Waals surface area contributed by atoms with E-state index in [9.17, 15) is 18.0 Å². The van der Waals surface area contributed by atoms with Crippen LogP contribution in [0.15, 0.2) is 23.1 Å². The van der Waals surface area contributed by atoms with Crippen molar-refractivity contribution in [2.75, 3.05) is 26.4 Å². The second-order valence-electron chi connectivity index (χ2n) is 4.65. The number of carbonyl (C=O) groups is 2. The Hall–Kier alpha value is -1.41. The predicted molar refractivity (Wildman–Crippen MR) is 81.3 cm³/mol. The number of rotatable bonds is 9. The molecule has 0 radical (unpaired) electrons. The first-order valence-electron chi connectivity index (χ1n) is 6.98. The van der Waals surface area contributed by atoms with Crippen molar-refractivity contribution in [1.82, 2.24) is 0 Å². The van der Waals surface area contributed by atoms with E-state index >= 15 is 0 Å². The Bertz CT molecular complexity index is 653. The number of benzene rings is 1. The smallest absolute Gasteiger partial charge is 1.00 e. The summed E-state index contributed by atoms with van der Waals surface area (Å²) in [5.74, 6) is -1.84. The molecule has 1 rings (SSSR count). The third-order valence-electron chi connectivity index (χ3n) is 2.75. The van der Waals surface area contributed by atoms with Crippen molar-refractivity contribution in [1.29, 1.82) is 0 Å². The van der Waals surface area contributed by atoms with Gasteiger partial charge in [-0.25, -0.2) is 9.59 Å². The van der Waals surface area contributed by atoms with Crippen LogP contribution in [0.4, 0.5) is 0 Å². The van der Waals surface area contributed by atoms with E-state index < -0.39 is 27.0 Å². The quantitative estimate of drug-likeness (QED) is 0.180. The zero-order chi connectivity index (χ0) is 18.2. The first-order chi connectivity index (χ1) is 11.3. The van der Waals surface area contributed by atoms with Gasteiger partial charge >= 0.3 is 30.8 Å². The van der Waals surface area contributed by atoms with Gasteiger partial charge < -0.3 is 21.1 Å². The van der Waals surface area contributed by atoms with E-state index in [0.717, 1.165) is 18.2 Å². The molecule has 11 heteroatoms. The van der Waals surface area contributed by atoms with Crippen molar-refractivity contribution in [3.63, 3.8) is 0 Å². The first kappa shape index (κ1) is 23.6. The van der Waals surface area contributed by atoms with E-state index in [2.05, 4.69) is 0 Å². The number of aliphatic hydroxyl groups excluding tert-OH is 2. The summed E-state index contributed by atoms with van der Waals surface area (Å²) in [6.45, 7) is -0.578. The van der Waals surface area contributed by atoms with Crippen LogP contribution in [-0.4, -0.2) is 61.5 Å². The third-order valence-corrected chi connectivity index (χ3v) is 3.58. The van der Waals surface area contributed by atoms with Crippen LogP contribution >= 0.6 is 0 Å². The van der Waals surface area contributed by atoms with Crippen molar-refractivity contribution in [2.24, 2.45) is 0 Å². The maximum absolute atomic E-state index is 11.9. The van der Waals surface area contributed by atoms with Gasteiger partial charge in [0.1, 0.15) is 0 Å². The summed E-state index contributed by atoms with van der Waals surface area (Å²) < 4.78 is 41.3. The summed E-state index contributed by atoms with van der Waals surface area (Å²) in [5.41, 5.74) is -0.533. The standard InChI is InChI=1S/C14H18O9S.Li.H/c15-3-1-5-22-13(17)10-7-11(14(18)23-6-2-4-16)9-12(8-10)24(19,20)21;;/h7-9,15-16H,1-6H2,(H,19,20,21);;/q;+1;-1. The SMILES string of the molecule is O=C(OCCCO)c1cc(C(=O)OCCCO)cc(S(=O)(=O)O)c1.[H-].[Li+]. The Kier molecular flexibility index (Phi) is 10.6. The molecule has 25 heavy (non-hydrogen) atoms. The zero-order valence-electron chi connectivity index (χ0n) is 14.7. The molecule has 3 N–H and O–H groups in total. The Labute approximate surface area is 158 Å². The van der Waals surface area contributed by atoms with E-state index in [0.29, 0.717) is 0 Å². The predicted octanol–water partition coefficient (Wildman–Crippen LogP) is -2.87. The van der Waals surface area contributed by atoms with E-state index in [-0.39, 0.29) is 70.7 Å². The number of carbonyl (C=O) groups excluding carboxylic acids is 2. The Balaban J connectivity index is 0. The number of hydrogen-bond donors (Lipinski definition) is 3. The van der Waals surface area contributed by atoms with Crippen LogP contribution in [0.3, 0.4) is 0 Å². The molecule has 0 bridgehead atoms. The topological polar surface area (TPSA) is 147 Å². The van der Waals surface area contributed by atoms with Gasteiger partial charge in [-0.15, -0.1) is 0 Å². The summed E-state index contributed by atoms with van der Waals surface area (Å²) in [4.78, 5) is 23.1. The molecule has 136 valence electrons. The van der Waals surface area contributed by atoms with E-state index in [4.69, 9.17) is 24.2 Å². The second-order valence-corrected chi connectivity index (χ2v) is 6.07. The summed E-state index contributed by atoms with van der Waals surface area (Å²) in [6.07, 6.45) is 0.388. The van der Waals surface area contributed by atoms with Crippen LogP contribution in [-0.2, 0) is 19.6 Å². The minimum Gasteiger partial charge on any atom is -1.00 e. The first-order valence-corrected chi connectivity index (χ1v) is 8.42. The molecular formula is C14H19LiO9S. The van der Waals surface area contributed by atoms with Crippen molar-refractivity contribution in [3.05, 3.63) is 29.3 Å². The third kappa shape index (κ3) is 8.00. The molecule has 0 atom stereocenters. The van der Waals surface area contributed by atoms with Gasteiger partial charge in [-0.05, 0) is 18.2 Å². The number of esters is 2. The van der Waals surface area contributed by atoms with E-state index in [1.165, 1.54) is 0 Å². The van der Waals surface area contributed by atoms with Crippen LogP contribution in [0, 0.1) is 0 Å². The molecule has 9 nitrogen and oxygen atoms in total. The Morgan fingerprint density at radius 1 is 0.920 bits per heavy atom. The van der Waals surface area contributed by atoms with Crippen molar-refractivity contribution < 1.29 is 62.5 Å². The van der Waals surface area contributed by atoms with Crippen LogP contribution in [0.1, 0.15) is 35.0 Å². The molecule has 0 fully saturated rings. The van der Waals surface area contributed by atoms with Gasteiger partial charge in [0.05, 0.1) is 29.2 Å². The van der Waals surface area contributed by atoms with Crippen molar-refractivity contribution in [3.8, 4) is 0 Å². The molecular weight excluding hydrogens is 351 g/mol. The van der Waals surface area contributed by atoms with Crippen LogP contribution in [0.5, 0.6) is 0 Å². The molecule has 0 spiro atoms. The maximum Gasteiger partial charge on any atom is 1.00 e. The fourth-order valence-corrected chi connectivity index (χ4v) is 2.16. The van der Waals surface area contributed by atoms with Gasteiger partial charge in [0, 0.05) is 26.1 Å². The van der Waals surface area contributed by atoms with Gasteiger partial charge in [-0.1, -0.05) is 0 Å². The number of ether oxygens (including phenoxy) is 2. The monoisotopic (exact) mass is 370 g/mol. The van der Waals surface area contributed by atoms with Gasteiger partial charge in [0.2, 0.25) is 0 Å². The largest absolute Gasteiger partial charge is 1.00 e. The van der Waals surface area contributed by atoms with Crippen molar-refractivity contribution in [2.45, 2.75) is 17.7 Å². The summed E-state index contributed by atoms with van der Waals surface area (Å²) >= 11 is 0. The fraction of sp³-hybridized carbons (Fsp3) is 0.429. The Morgan fingerprint density at radius 2 is 1.32 bits per heavy atom. The molecule has 0 saturated carbocycles. The Morgan fingerprint density at radius 3 is 1.64 bits per heavy atom. The van der Waals surface area contributed by atoms with Crippen LogP contribution in [0.2, 0.25) is 0 Å². The molecule has 0 aromatic heterocycles. The minimum absolute atomic E-state index is 0. The van der Waals surface area contributed by atoms with E-state index in [1.54, 1.807) is 0 Å². The second kappa shape index (κ2) is 11.3. The molecule has 0 saturated heterocycles. The molecule has 0 aliphatic rings. The minimum atomic E-state index is -4.66. The molecule has 1 aromatic carbocycles. The molecule has 0 aliphatic carbocycles. The summed E-state index contributed by atoms with van der Waals surface area (Å²) in [6, 6.07) is 2.79. The van der Waals surface area contributed by atoms with Crippen LogP contribution < -0.4 is 18.9 Å². The summed E-state index contributed by atoms with van der Waals surface area (Å²) in [7, 11) is -4.66. The molecule has 0 amide bonds. The molecule has 1 aromatic rings. The average Bonchev–Trinajstić information content (AvgIpc) is 2.53. The van der Waals surface area contributed by atoms with Gasteiger partial charge in [0.15, 0.2) is 0 Å². The zero-order valence-corrected chi connectivity index (χ0v) is 14.5. The van der Waals surface area contributed by atoms with Gasteiger partial charge in [0.25, 0.3) is 10.1 Å². The summed E-state index contributed by atoms with van der Waals surface area (Å²) in [5, 5.41) is 17.3. The maximum atomic E-state index is 11.9. The fourth-order valence-electron chi connectivity index (χ4n) is 1.61. The van der Waals surface area contributed by atoms with Crippen molar-refractivity contribution >= 4 is 22.1 Å². The van der Waals surface area contributed by atoms with E-state index in [1.807, 2.05) is 0 Å². The number of hydrogen-bond acceptors (Lipinski definition) is 8. The molecule has 0 unspecified atom stereocenters.